The Bertz CT molecular complexity index is 359. The summed E-state index contributed by atoms with van der Waals surface area (Å²) >= 11 is 0. The van der Waals surface area contributed by atoms with Crippen LogP contribution in [0.4, 0.5) is 0 Å². The molecular weight excluding hydrogens is 258 g/mol. The molecule has 114 valence electrons. The number of nitrogens with zero attached hydrogens (tertiary/aromatic N) is 1. The Morgan fingerprint density at radius 2 is 2.05 bits per heavy atom. The van der Waals surface area contributed by atoms with Crippen LogP contribution in [0.3, 0.4) is 0 Å². The first-order valence-corrected chi connectivity index (χ1v) is 7.37. The zero-order chi connectivity index (χ0) is 14.6. The van der Waals surface area contributed by atoms with Crippen molar-refractivity contribution in [3.8, 4) is 0 Å². The lowest BCUT2D eigenvalue weighted by molar-refractivity contribution is -0.141. The molecule has 20 heavy (non-hydrogen) atoms. The van der Waals surface area contributed by atoms with Crippen LogP contribution in [-0.4, -0.2) is 63.2 Å². The summed E-state index contributed by atoms with van der Waals surface area (Å²) in [4.78, 5) is 26.1. The van der Waals surface area contributed by atoms with Gasteiger partial charge in [-0.3, -0.25) is 9.59 Å². The fraction of sp³-hybridized carbons (Fsp3) is 0.857. The monoisotopic (exact) mass is 283 g/mol. The predicted octanol–water partition coefficient (Wildman–Crippen LogP) is -0.260. The van der Waals surface area contributed by atoms with Crippen molar-refractivity contribution < 1.29 is 14.3 Å². The third kappa shape index (κ3) is 3.30. The molecule has 2 amide bonds. The predicted molar refractivity (Wildman–Crippen MR) is 75.2 cm³/mol. The third-order valence-electron chi connectivity index (χ3n) is 4.24. The molecule has 0 aromatic rings. The third-order valence-corrected chi connectivity index (χ3v) is 4.24. The molecule has 6 nitrogen and oxygen atoms in total. The van der Waals surface area contributed by atoms with Crippen LogP contribution in [0, 0.1) is 5.41 Å². The highest BCUT2D eigenvalue weighted by Crippen LogP contribution is 2.38. The second kappa shape index (κ2) is 6.54. The van der Waals surface area contributed by atoms with E-state index in [0.29, 0.717) is 19.7 Å². The molecule has 0 aromatic carbocycles. The van der Waals surface area contributed by atoms with Crippen LogP contribution in [0.15, 0.2) is 0 Å². The van der Waals surface area contributed by atoms with Gasteiger partial charge in [0, 0.05) is 33.7 Å². The van der Waals surface area contributed by atoms with Gasteiger partial charge in [-0.1, -0.05) is 12.8 Å². The quantitative estimate of drug-likeness (QED) is 0.746. The van der Waals surface area contributed by atoms with E-state index < -0.39 is 11.5 Å². The van der Waals surface area contributed by atoms with E-state index in [2.05, 4.69) is 10.6 Å². The first-order valence-electron chi connectivity index (χ1n) is 7.37. The van der Waals surface area contributed by atoms with Crippen molar-refractivity contribution >= 4 is 11.8 Å². The Morgan fingerprint density at radius 3 is 2.60 bits per heavy atom. The Balaban J connectivity index is 1.92. The maximum Gasteiger partial charge on any atom is 0.250 e. The van der Waals surface area contributed by atoms with Crippen molar-refractivity contribution in [3.63, 3.8) is 0 Å². The van der Waals surface area contributed by atoms with Crippen molar-refractivity contribution in [2.75, 3.05) is 40.3 Å². The minimum Gasteiger partial charge on any atom is -0.366 e. The van der Waals surface area contributed by atoms with Gasteiger partial charge in [0.25, 0.3) is 0 Å². The van der Waals surface area contributed by atoms with Gasteiger partial charge in [-0.25, -0.2) is 0 Å². The van der Waals surface area contributed by atoms with Crippen LogP contribution in [0.5, 0.6) is 0 Å². The number of amides is 2. The highest BCUT2D eigenvalue weighted by molar-refractivity contribution is 5.85. The van der Waals surface area contributed by atoms with Crippen molar-refractivity contribution in [3.05, 3.63) is 0 Å². The Hall–Kier alpha value is -1.14. The van der Waals surface area contributed by atoms with Crippen LogP contribution in [-0.2, 0) is 14.3 Å². The maximum atomic E-state index is 12.4. The molecule has 2 aliphatic rings. The van der Waals surface area contributed by atoms with Gasteiger partial charge < -0.3 is 20.3 Å². The van der Waals surface area contributed by atoms with Gasteiger partial charge in [0.1, 0.15) is 6.10 Å². The molecule has 1 saturated heterocycles. The molecule has 1 atom stereocenters. The summed E-state index contributed by atoms with van der Waals surface area (Å²) in [7, 11) is 3.55. The Labute approximate surface area is 120 Å². The topological polar surface area (TPSA) is 70.7 Å². The number of hydrogen-bond donors (Lipinski definition) is 2. The number of rotatable bonds is 4. The minimum atomic E-state index is -0.434. The maximum absolute atomic E-state index is 12.4. The van der Waals surface area contributed by atoms with Crippen molar-refractivity contribution in [2.24, 2.45) is 5.41 Å². The van der Waals surface area contributed by atoms with Crippen LogP contribution in [0.1, 0.15) is 25.7 Å². The summed E-state index contributed by atoms with van der Waals surface area (Å²) in [5, 5.41) is 6.05. The van der Waals surface area contributed by atoms with E-state index in [9.17, 15) is 9.59 Å². The summed E-state index contributed by atoms with van der Waals surface area (Å²) in [6.45, 7) is 2.30. The van der Waals surface area contributed by atoms with Gasteiger partial charge in [-0.05, 0) is 12.8 Å². The summed E-state index contributed by atoms with van der Waals surface area (Å²) < 4.78 is 5.43. The number of carbonyl (C=O) groups is 2. The van der Waals surface area contributed by atoms with Gasteiger partial charge in [-0.15, -0.1) is 0 Å². The fourth-order valence-electron chi connectivity index (χ4n) is 3.10. The normalized spacial score (nSPS) is 25.2. The SMILES string of the molecule is CN(C)C(=O)C1(CNC(=O)C2CNCCO2)CCCC1. The number of hydrogen-bond acceptors (Lipinski definition) is 4. The van der Waals surface area contributed by atoms with E-state index in [1.165, 1.54) is 0 Å². The second-order valence-electron chi connectivity index (χ2n) is 5.97. The van der Waals surface area contributed by atoms with E-state index in [4.69, 9.17) is 4.74 Å². The van der Waals surface area contributed by atoms with Crippen molar-refractivity contribution in [1.82, 2.24) is 15.5 Å². The zero-order valence-electron chi connectivity index (χ0n) is 12.4. The zero-order valence-corrected chi connectivity index (χ0v) is 12.4. The molecule has 2 N–H and O–H groups in total. The highest BCUT2D eigenvalue weighted by Gasteiger charge is 2.42. The van der Waals surface area contributed by atoms with Crippen LogP contribution in [0.2, 0.25) is 0 Å². The van der Waals surface area contributed by atoms with Crippen LogP contribution < -0.4 is 10.6 Å². The molecular formula is C14H25N3O3. The molecule has 1 heterocycles. The number of carbonyl (C=O) groups excluding carboxylic acids is 2. The molecule has 0 bridgehead atoms. The lowest BCUT2D eigenvalue weighted by Crippen LogP contribution is -2.52. The fourth-order valence-corrected chi connectivity index (χ4v) is 3.10. The smallest absolute Gasteiger partial charge is 0.250 e. The minimum absolute atomic E-state index is 0.116. The van der Waals surface area contributed by atoms with E-state index in [-0.39, 0.29) is 11.8 Å². The molecule has 2 fully saturated rings. The highest BCUT2D eigenvalue weighted by atomic mass is 16.5. The molecule has 6 heteroatoms. The summed E-state index contributed by atoms with van der Waals surface area (Å²) in [5.41, 5.74) is -0.415. The Morgan fingerprint density at radius 1 is 1.35 bits per heavy atom. The summed E-state index contributed by atoms with van der Waals surface area (Å²) in [5.74, 6) is 0.00742. The van der Waals surface area contributed by atoms with Gasteiger partial charge in [0.05, 0.1) is 12.0 Å². The first kappa shape index (κ1) is 15.3. The lowest BCUT2D eigenvalue weighted by Gasteiger charge is -2.32. The van der Waals surface area contributed by atoms with E-state index in [0.717, 1.165) is 32.2 Å². The van der Waals surface area contributed by atoms with Gasteiger partial charge in [0.15, 0.2) is 0 Å². The van der Waals surface area contributed by atoms with E-state index in [1.54, 1.807) is 19.0 Å². The second-order valence-corrected chi connectivity index (χ2v) is 5.97. The van der Waals surface area contributed by atoms with Gasteiger partial charge >= 0.3 is 0 Å². The molecule has 0 radical (unpaired) electrons. The Kier molecular flexibility index (Phi) is 4.99. The summed E-state index contributed by atoms with van der Waals surface area (Å²) in [6.07, 6.45) is 3.38. The van der Waals surface area contributed by atoms with Gasteiger partial charge in [0.2, 0.25) is 11.8 Å². The first-order chi connectivity index (χ1) is 9.55. The molecule has 2 rings (SSSR count). The van der Waals surface area contributed by atoms with Crippen molar-refractivity contribution in [1.29, 1.82) is 0 Å². The van der Waals surface area contributed by atoms with Crippen molar-refractivity contribution in [2.45, 2.75) is 31.8 Å². The lowest BCUT2D eigenvalue weighted by atomic mass is 9.84. The van der Waals surface area contributed by atoms with Crippen LogP contribution in [0.25, 0.3) is 0 Å². The number of ether oxygens (including phenoxy) is 1. The molecule has 0 spiro atoms. The molecule has 1 unspecified atom stereocenters. The summed E-state index contributed by atoms with van der Waals surface area (Å²) in [6, 6.07) is 0. The number of morpholine rings is 1. The molecule has 1 aliphatic heterocycles. The van der Waals surface area contributed by atoms with Crippen LogP contribution >= 0.6 is 0 Å². The average molecular weight is 283 g/mol. The van der Waals surface area contributed by atoms with E-state index >= 15 is 0 Å². The largest absolute Gasteiger partial charge is 0.366 e. The van der Waals surface area contributed by atoms with Gasteiger partial charge in [-0.2, -0.15) is 0 Å². The number of nitrogens with one attached hydrogen (secondary N) is 2. The standard InChI is InChI=1S/C14H25N3O3/c1-17(2)13(19)14(5-3-4-6-14)10-16-12(18)11-9-15-7-8-20-11/h11,15H,3-10H2,1-2H3,(H,16,18). The molecule has 0 aromatic heterocycles. The average Bonchev–Trinajstić information content (AvgIpc) is 2.94. The molecule has 1 aliphatic carbocycles. The molecule has 1 saturated carbocycles. The van der Waals surface area contributed by atoms with E-state index in [1.807, 2.05) is 0 Å².